The summed E-state index contributed by atoms with van der Waals surface area (Å²) in [5, 5.41) is 12.5. The maximum atomic E-state index is 9.04. The fourth-order valence-corrected chi connectivity index (χ4v) is 1.77. The third-order valence-corrected chi connectivity index (χ3v) is 2.92. The summed E-state index contributed by atoms with van der Waals surface area (Å²) in [4.78, 5) is 0. The van der Waals surface area contributed by atoms with E-state index in [4.69, 9.17) is 9.84 Å². The van der Waals surface area contributed by atoms with Crippen LogP contribution in [0, 0.1) is 18.8 Å². The van der Waals surface area contributed by atoms with E-state index < -0.39 is 0 Å². The van der Waals surface area contributed by atoms with Gasteiger partial charge in [-0.05, 0) is 25.5 Å². The van der Waals surface area contributed by atoms with Crippen molar-refractivity contribution in [2.24, 2.45) is 11.8 Å². The molecule has 0 fully saturated rings. The van der Waals surface area contributed by atoms with Gasteiger partial charge in [-0.2, -0.15) is 0 Å². The molecule has 19 heavy (non-hydrogen) atoms. The summed E-state index contributed by atoms with van der Waals surface area (Å²) in [6, 6.07) is 6.24. The normalized spacial score (nSPS) is 12.7. The third kappa shape index (κ3) is 6.08. The Morgan fingerprint density at radius 3 is 2.63 bits per heavy atom. The summed E-state index contributed by atoms with van der Waals surface area (Å²) in [5.74, 6) is 1.73. The van der Waals surface area contributed by atoms with Crippen molar-refractivity contribution in [3.63, 3.8) is 0 Å². The molecule has 1 aromatic carbocycles. The fourth-order valence-electron chi connectivity index (χ4n) is 1.77. The first-order chi connectivity index (χ1) is 9.02. The van der Waals surface area contributed by atoms with E-state index in [1.54, 1.807) is 0 Å². The number of rotatable bonds is 8. The second-order valence-corrected chi connectivity index (χ2v) is 5.73. The monoisotopic (exact) mass is 265 g/mol. The van der Waals surface area contributed by atoms with E-state index >= 15 is 0 Å². The van der Waals surface area contributed by atoms with Gasteiger partial charge in [-0.25, -0.2) is 0 Å². The molecule has 3 heteroatoms. The lowest BCUT2D eigenvalue weighted by atomic mass is 10.1. The largest absolute Gasteiger partial charge is 0.493 e. The SMILES string of the molecule is Cc1ccc(OCC(C)CO)c(CNCC(C)C)c1. The molecule has 1 rings (SSSR count). The van der Waals surface area contributed by atoms with Crippen LogP contribution < -0.4 is 10.1 Å². The van der Waals surface area contributed by atoms with Crippen molar-refractivity contribution in [1.29, 1.82) is 0 Å². The summed E-state index contributed by atoms with van der Waals surface area (Å²) in [7, 11) is 0. The highest BCUT2D eigenvalue weighted by Crippen LogP contribution is 2.20. The van der Waals surface area contributed by atoms with Gasteiger partial charge in [-0.3, -0.25) is 0 Å². The second-order valence-electron chi connectivity index (χ2n) is 5.73. The van der Waals surface area contributed by atoms with Gasteiger partial charge in [0.05, 0.1) is 6.61 Å². The van der Waals surface area contributed by atoms with E-state index in [0.717, 1.165) is 18.8 Å². The third-order valence-electron chi connectivity index (χ3n) is 2.92. The van der Waals surface area contributed by atoms with Gasteiger partial charge in [0.1, 0.15) is 5.75 Å². The van der Waals surface area contributed by atoms with Crippen molar-refractivity contribution in [2.75, 3.05) is 19.8 Å². The molecular formula is C16H27NO2. The smallest absolute Gasteiger partial charge is 0.123 e. The number of benzene rings is 1. The lowest BCUT2D eigenvalue weighted by Crippen LogP contribution is -2.20. The van der Waals surface area contributed by atoms with Gasteiger partial charge in [-0.1, -0.05) is 38.5 Å². The molecule has 0 aliphatic rings. The van der Waals surface area contributed by atoms with Crippen LogP contribution in [-0.4, -0.2) is 24.9 Å². The molecule has 0 saturated carbocycles. The van der Waals surface area contributed by atoms with Crippen molar-refractivity contribution < 1.29 is 9.84 Å². The minimum absolute atomic E-state index is 0.160. The number of hydrogen-bond acceptors (Lipinski definition) is 3. The van der Waals surface area contributed by atoms with Gasteiger partial charge in [0.15, 0.2) is 0 Å². The Kier molecular flexibility index (Phi) is 6.89. The Balaban J connectivity index is 2.63. The van der Waals surface area contributed by atoms with Gasteiger partial charge in [0.25, 0.3) is 0 Å². The van der Waals surface area contributed by atoms with Crippen LogP contribution >= 0.6 is 0 Å². The Morgan fingerprint density at radius 2 is 2.00 bits per heavy atom. The van der Waals surface area contributed by atoms with Gasteiger partial charge in [-0.15, -0.1) is 0 Å². The molecule has 0 aromatic heterocycles. The highest BCUT2D eigenvalue weighted by atomic mass is 16.5. The molecule has 0 spiro atoms. The topological polar surface area (TPSA) is 41.5 Å². The lowest BCUT2D eigenvalue weighted by Gasteiger charge is -2.16. The quantitative estimate of drug-likeness (QED) is 0.759. The zero-order valence-corrected chi connectivity index (χ0v) is 12.6. The van der Waals surface area contributed by atoms with E-state index in [1.165, 1.54) is 11.1 Å². The molecular weight excluding hydrogens is 238 g/mol. The maximum absolute atomic E-state index is 9.04. The van der Waals surface area contributed by atoms with Crippen LogP contribution in [-0.2, 0) is 6.54 Å². The first-order valence-corrected chi connectivity index (χ1v) is 7.06. The first kappa shape index (κ1) is 16.0. The maximum Gasteiger partial charge on any atom is 0.123 e. The molecule has 2 N–H and O–H groups in total. The standard InChI is InChI=1S/C16H27NO2/c1-12(2)8-17-9-15-7-13(3)5-6-16(15)19-11-14(4)10-18/h5-7,12,14,17-18H,8-11H2,1-4H3. The minimum atomic E-state index is 0.160. The second kappa shape index (κ2) is 8.18. The molecule has 1 aromatic rings. The molecule has 0 aliphatic heterocycles. The minimum Gasteiger partial charge on any atom is -0.493 e. The Bertz CT molecular complexity index is 377. The first-order valence-electron chi connectivity index (χ1n) is 7.06. The zero-order valence-electron chi connectivity index (χ0n) is 12.6. The molecule has 0 bridgehead atoms. The highest BCUT2D eigenvalue weighted by Gasteiger charge is 2.07. The van der Waals surface area contributed by atoms with Crippen molar-refractivity contribution in [3.8, 4) is 5.75 Å². The molecule has 0 amide bonds. The molecule has 0 aliphatic carbocycles. The van der Waals surface area contributed by atoms with Crippen LogP contribution in [0.1, 0.15) is 31.9 Å². The Hall–Kier alpha value is -1.06. The van der Waals surface area contributed by atoms with Crippen LogP contribution in [0.5, 0.6) is 5.75 Å². The molecule has 0 radical (unpaired) electrons. The number of aliphatic hydroxyl groups excluding tert-OH is 1. The van der Waals surface area contributed by atoms with E-state index in [9.17, 15) is 0 Å². The summed E-state index contributed by atoms with van der Waals surface area (Å²) < 4.78 is 5.80. The summed E-state index contributed by atoms with van der Waals surface area (Å²) >= 11 is 0. The number of hydrogen-bond donors (Lipinski definition) is 2. The van der Waals surface area contributed by atoms with E-state index in [1.807, 2.05) is 13.0 Å². The molecule has 0 saturated heterocycles. The Labute approximate surface area is 117 Å². The van der Waals surface area contributed by atoms with Crippen LogP contribution in [0.15, 0.2) is 18.2 Å². The van der Waals surface area contributed by atoms with Gasteiger partial charge in [0, 0.05) is 24.6 Å². The average molecular weight is 265 g/mol. The fraction of sp³-hybridized carbons (Fsp3) is 0.625. The van der Waals surface area contributed by atoms with Gasteiger partial charge in [0.2, 0.25) is 0 Å². The molecule has 108 valence electrons. The van der Waals surface area contributed by atoms with Crippen LogP contribution in [0.25, 0.3) is 0 Å². The van der Waals surface area contributed by atoms with Crippen LogP contribution in [0.2, 0.25) is 0 Å². The summed E-state index contributed by atoms with van der Waals surface area (Å²) in [6.07, 6.45) is 0. The van der Waals surface area contributed by atoms with E-state index in [0.29, 0.717) is 12.5 Å². The predicted molar refractivity (Wildman–Crippen MR) is 79.5 cm³/mol. The number of nitrogens with one attached hydrogen (secondary N) is 1. The van der Waals surface area contributed by atoms with Crippen LogP contribution in [0.3, 0.4) is 0 Å². The molecule has 1 unspecified atom stereocenters. The lowest BCUT2D eigenvalue weighted by molar-refractivity contribution is 0.173. The van der Waals surface area contributed by atoms with Crippen molar-refractivity contribution in [2.45, 2.75) is 34.2 Å². The van der Waals surface area contributed by atoms with Crippen molar-refractivity contribution in [1.82, 2.24) is 5.32 Å². The number of ether oxygens (including phenoxy) is 1. The Morgan fingerprint density at radius 1 is 1.26 bits per heavy atom. The zero-order chi connectivity index (χ0) is 14.3. The van der Waals surface area contributed by atoms with Crippen molar-refractivity contribution in [3.05, 3.63) is 29.3 Å². The van der Waals surface area contributed by atoms with Gasteiger partial charge >= 0.3 is 0 Å². The summed E-state index contributed by atoms with van der Waals surface area (Å²) in [6.45, 7) is 11.0. The summed E-state index contributed by atoms with van der Waals surface area (Å²) in [5.41, 5.74) is 2.43. The molecule has 0 heterocycles. The van der Waals surface area contributed by atoms with E-state index in [-0.39, 0.29) is 12.5 Å². The highest BCUT2D eigenvalue weighted by molar-refractivity contribution is 5.36. The molecule has 3 nitrogen and oxygen atoms in total. The number of aryl methyl sites for hydroxylation is 1. The number of aliphatic hydroxyl groups is 1. The van der Waals surface area contributed by atoms with Crippen molar-refractivity contribution >= 4 is 0 Å². The van der Waals surface area contributed by atoms with E-state index in [2.05, 4.69) is 38.2 Å². The predicted octanol–water partition coefficient (Wildman–Crippen LogP) is 2.75. The molecule has 1 atom stereocenters. The van der Waals surface area contributed by atoms with Crippen LogP contribution in [0.4, 0.5) is 0 Å². The van der Waals surface area contributed by atoms with Gasteiger partial charge < -0.3 is 15.2 Å². The average Bonchev–Trinajstić information content (AvgIpc) is 2.37.